The Morgan fingerprint density at radius 1 is 0.629 bits per heavy atom. The minimum Gasteiger partial charge on any atom is -0.481 e. The molecule has 0 saturated heterocycles. The van der Waals surface area contributed by atoms with Crippen LogP contribution in [-0.4, -0.2) is 75.1 Å². The molecule has 13 heteroatoms. The molecule has 0 bridgehead atoms. The fourth-order valence-corrected chi connectivity index (χ4v) is 3.17. The van der Waals surface area contributed by atoms with Crippen LogP contribution in [0.5, 0.6) is 0 Å². The lowest BCUT2D eigenvalue weighted by Crippen LogP contribution is -2.57. The fraction of sp³-hybridized carbons (Fsp3) is 0.727. The van der Waals surface area contributed by atoms with Gasteiger partial charge in [0.25, 0.3) is 0 Å². The van der Waals surface area contributed by atoms with E-state index < -0.39 is 66.2 Å². The van der Waals surface area contributed by atoms with Crippen LogP contribution in [0.15, 0.2) is 0 Å². The third-order valence-electron chi connectivity index (χ3n) is 4.95. The highest BCUT2D eigenvalue weighted by molar-refractivity contribution is 5.94. The summed E-state index contributed by atoms with van der Waals surface area (Å²) >= 11 is 0. The SMILES string of the molecule is CC(C)CC(NC(=O)C(CC(C)C)NC(=O)C(CCC(=O)O)NC(=O)C(N)CCC(=O)O)C(=O)O. The third kappa shape index (κ3) is 13.9. The topological polar surface area (TPSA) is 225 Å². The van der Waals surface area contributed by atoms with E-state index >= 15 is 0 Å². The van der Waals surface area contributed by atoms with E-state index in [1.165, 1.54) is 0 Å². The van der Waals surface area contributed by atoms with Gasteiger partial charge in [-0.1, -0.05) is 27.7 Å². The van der Waals surface area contributed by atoms with E-state index in [0.29, 0.717) is 0 Å². The average Bonchev–Trinajstić information content (AvgIpc) is 2.72. The summed E-state index contributed by atoms with van der Waals surface area (Å²) in [6.07, 6.45) is -1.02. The first-order valence-electron chi connectivity index (χ1n) is 11.5. The Morgan fingerprint density at radius 2 is 1.03 bits per heavy atom. The molecule has 4 unspecified atom stereocenters. The Hall–Kier alpha value is -3.22. The second-order valence-electron chi connectivity index (χ2n) is 9.25. The lowest BCUT2D eigenvalue weighted by Gasteiger charge is -2.26. The Kier molecular flexibility index (Phi) is 14.2. The van der Waals surface area contributed by atoms with E-state index in [1.807, 2.05) is 0 Å². The summed E-state index contributed by atoms with van der Waals surface area (Å²) in [6, 6.07) is -4.90. The van der Waals surface area contributed by atoms with Gasteiger partial charge in [0.05, 0.1) is 6.04 Å². The molecule has 0 saturated carbocycles. The summed E-state index contributed by atoms with van der Waals surface area (Å²) in [5, 5.41) is 34.4. The van der Waals surface area contributed by atoms with E-state index in [9.17, 15) is 33.9 Å². The van der Waals surface area contributed by atoms with Gasteiger partial charge in [-0.3, -0.25) is 24.0 Å². The van der Waals surface area contributed by atoms with Crippen LogP contribution in [0, 0.1) is 11.8 Å². The van der Waals surface area contributed by atoms with Crippen molar-refractivity contribution in [3.63, 3.8) is 0 Å². The first kappa shape index (κ1) is 31.8. The molecule has 0 radical (unpaired) electrons. The zero-order valence-corrected chi connectivity index (χ0v) is 20.6. The van der Waals surface area contributed by atoms with Crippen molar-refractivity contribution >= 4 is 35.6 Å². The van der Waals surface area contributed by atoms with Gasteiger partial charge >= 0.3 is 17.9 Å². The minimum atomic E-state index is -1.36. The number of carbonyl (C=O) groups excluding carboxylic acids is 3. The molecule has 0 heterocycles. The van der Waals surface area contributed by atoms with E-state index in [-0.39, 0.29) is 43.9 Å². The molecule has 0 rings (SSSR count). The van der Waals surface area contributed by atoms with Crippen LogP contribution in [0.3, 0.4) is 0 Å². The molecule has 35 heavy (non-hydrogen) atoms. The smallest absolute Gasteiger partial charge is 0.326 e. The van der Waals surface area contributed by atoms with Gasteiger partial charge in [-0.25, -0.2) is 4.79 Å². The van der Waals surface area contributed by atoms with Gasteiger partial charge in [0.2, 0.25) is 17.7 Å². The zero-order chi connectivity index (χ0) is 27.3. The molecule has 0 aliphatic rings. The number of amides is 3. The van der Waals surface area contributed by atoms with Gasteiger partial charge in [0.1, 0.15) is 18.1 Å². The molecule has 13 nitrogen and oxygen atoms in total. The molecule has 4 atom stereocenters. The maximum Gasteiger partial charge on any atom is 0.326 e. The van der Waals surface area contributed by atoms with Crippen LogP contribution < -0.4 is 21.7 Å². The van der Waals surface area contributed by atoms with E-state index in [1.54, 1.807) is 27.7 Å². The number of nitrogens with one attached hydrogen (secondary N) is 3. The molecule has 0 aliphatic heterocycles. The zero-order valence-electron chi connectivity index (χ0n) is 20.6. The maximum absolute atomic E-state index is 12.9. The molecule has 0 aliphatic carbocycles. The lowest BCUT2D eigenvalue weighted by molar-refractivity contribution is -0.143. The van der Waals surface area contributed by atoms with Crippen molar-refractivity contribution in [3.05, 3.63) is 0 Å². The Labute approximate surface area is 204 Å². The quantitative estimate of drug-likeness (QED) is 0.137. The first-order valence-corrected chi connectivity index (χ1v) is 11.5. The van der Waals surface area contributed by atoms with Crippen molar-refractivity contribution in [1.82, 2.24) is 16.0 Å². The van der Waals surface area contributed by atoms with Gasteiger partial charge in [-0.15, -0.1) is 0 Å². The number of carbonyl (C=O) groups is 6. The summed E-state index contributed by atoms with van der Waals surface area (Å²) < 4.78 is 0. The number of carboxylic acids is 3. The minimum absolute atomic E-state index is 0.0181. The van der Waals surface area contributed by atoms with Crippen molar-refractivity contribution < 1.29 is 44.1 Å². The summed E-state index contributed by atoms with van der Waals surface area (Å²) in [6.45, 7) is 7.18. The average molecular weight is 503 g/mol. The number of carboxylic acid groups (broad SMARTS) is 3. The number of hydrogen-bond acceptors (Lipinski definition) is 7. The molecule has 0 fully saturated rings. The number of nitrogens with two attached hydrogens (primary N) is 1. The van der Waals surface area contributed by atoms with Crippen molar-refractivity contribution in [2.24, 2.45) is 17.6 Å². The highest BCUT2D eigenvalue weighted by atomic mass is 16.4. The van der Waals surface area contributed by atoms with Gasteiger partial charge in [0, 0.05) is 12.8 Å². The lowest BCUT2D eigenvalue weighted by atomic mass is 10.00. The highest BCUT2D eigenvalue weighted by Crippen LogP contribution is 2.10. The fourth-order valence-electron chi connectivity index (χ4n) is 3.17. The van der Waals surface area contributed by atoms with E-state index in [4.69, 9.17) is 15.9 Å². The second-order valence-corrected chi connectivity index (χ2v) is 9.25. The van der Waals surface area contributed by atoms with Crippen LogP contribution in [0.2, 0.25) is 0 Å². The summed E-state index contributed by atoms with van der Waals surface area (Å²) in [4.78, 5) is 71.3. The van der Waals surface area contributed by atoms with Gasteiger partial charge in [-0.2, -0.15) is 0 Å². The predicted molar refractivity (Wildman–Crippen MR) is 124 cm³/mol. The Morgan fingerprint density at radius 3 is 1.49 bits per heavy atom. The Bertz CT molecular complexity index is 770. The van der Waals surface area contributed by atoms with Gasteiger partial charge in [-0.05, 0) is 37.5 Å². The molecule has 0 spiro atoms. The molecule has 200 valence electrons. The van der Waals surface area contributed by atoms with Crippen LogP contribution in [0.4, 0.5) is 0 Å². The first-order chi connectivity index (χ1) is 16.1. The monoisotopic (exact) mass is 502 g/mol. The van der Waals surface area contributed by atoms with E-state index in [2.05, 4.69) is 16.0 Å². The van der Waals surface area contributed by atoms with Crippen molar-refractivity contribution in [3.8, 4) is 0 Å². The molecule has 0 aromatic carbocycles. The van der Waals surface area contributed by atoms with Gasteiger partial charge in [0.15, 0.2) is 0 Å². The van der Waals surface area contributed by atoms with Crippen molar-refractivity contribution in [2.75, 3.05) is 0 Å². The molecule has 8 N–H and O–H groups in total. The molecular weight excluding hydrogens is 464 g/mol. The molecule has 3 amide bonds. The van der Waals surface area contributed by atoms with Crippen LogP contribution >= 0.6 is 0 Å². The van der Waals surface area contributed by atoms with Crippen LogP contribution in [-0.2, 0) is 28.8 Å². The van der Waals surface area contributed by atoms with Crippen molar-refractivity contribution in [2.45, 2.75) is 90.4 Å². The molecule has 0 aromatic heterocycles. The van der Waals surface area contributed by atoms with Gasteiger partial charge < -0.3 is 37.0 Å². The molecule has 0 aromatic rings. The third-order valence-corrected chi connectivity index (χ3v) is 4.95. The number of aliphatic carboxylic acids is 3. The second kappa shape index (κ2) is 15.6. The standard InChI is InChI=1S/C22H38N4O9/c1-11(2)9-15(21(33)26-16(22(34)35)10-12(3)4)25-20(32)14(6-8-18(29)30)24-19(31)13(23)5-7-17(27)28/h11-16H,5-10,23H2,1-4H3,(H,24,31)(H,25,32)(H,26,33)(H,27,28)(H,29,30)(H,34,35). The largest absolute Gasteiger partial charge is 0.481 e. The highest BCUT2D eigenvalue weighted by Gasteiger charge is 2.31. The van der Waals surface area contributed by atoms with E-state index in [0.717, 1.165) is 0 Å². The number of hydrogen-bond donors (Lipinski definition) is 7. The predicted octanol–water partition coefficient (Wildman–Crippen LogP) is -0.325. The molecular formula is C22H38N4O9. The maximum atomic E-state index is 12.9. The summed E-state index contributed by atoms with van der Waals surface area (Å²) in [5.41, 5.74) is 5.66. The Balaban J connectivity index is 5.55. The number of rotatable bonds is 17. The summed E-state index contributed by atoms with van der Waals surface area (Å²) in [5.74, 6) is -6.10. The van der Waals surface area contributed by atoms with Crippen LogP contribution in [0.1, 0.15) is 66.2 Å². The summed E-state index contributed by atoms with van der Waals surface area (Å²) in [7, 11) is 0. The normalized spacial score (nSPS) is 14.5. The van der Waals surface area contributed by atoms with Crippen LogP contribution in [0.25, 0.3) is 0 Å². The van der Waals surface area contributed by atoms with Crippen molar-refractivity contribution in [1.29, 1.82) is 0 Å².